The molecule has 0 aromatic rings. The summed E-state index contributed by atoms with van der Waals surface area (Å²) in [5, 5.41) is 9.32. The van der Waals surface area contributed by atoms with Crippen LogP contribution in [0.4, 0.5) is 0 Å². The summed E-state index contributed by atoms with van der Waals surface area (Å²) in [5.74, 6) is 0.147. The van der Waals surface area contributed by atoms with Crippen LogP contribution in [0.2, 0.25) is 0 Å². The minimum atomic E-state index is -0.452. The summed E-state index contributed by atoms with van der Waals surface area (Å²) < 4.78 is 5.61. The van der Waals surface area contributed by atoms with E-state index in [9.17, 15) is 9.90 Å². The van der Waals surface area contributed by atoms with Gasteiger partial charge in [-0.05, 0) is 44.6 Å². The smallest absolute Gasteiger partial charge is 0.334 e. The predicted octanol–water partition coefficient (Wildman–Crippen LogP) is 3.38. The van der Waals surface area contributed by atoms with E-state index in [4.69, 9.17) is 4.74 Å². The first kappa shape index (κ1) is 16.0. The summed E-state index contributed by atoms with van der Waals surface area (Å²) in [7, 11) is 0. The maximum atomic E-state index is 11.8. The van der Waals surface area contributed by atoms with Gasteiger partial charge in [0, 0.05) is 5.57 Å². The Morgan fingerprint density at radius 3 is 2.47 bits per heavy atom. The van der Waals surface area contributed by atoms with Crippen molar-refractivity contribution in [2.75, 3.05) is 0 Å². The molecule has 0 aromatic carbocycles. The van der Waals surface area contributed by atoms with Gasteiger partial charge in [-0.15, -0.1) is 0 Å². The molecule has 0 unspecified atom stereocenters. The molecule has 3 nitrogen and oxygen atoms in total. The van der Waals surface area contributed by atoms with Crippen molar-refractivity contribution < 1.29 is 14.6 Å². The molecule has 0 bridgehead atoms. The third kappa shape index (κ3) is 4.20. The number of ether oxygens (including phenoxy) is 1. The second-order valence-corrected chi connectivity index (χ2v) is 5.33. The van der Waals surface area contributed by atoms with E-state index >= 15 is 0 Å². The zero-order chi connectivity index (χ0) is 14.5. The molecular weight excluding hydrogens is 240 g/mol. The van der Waals surface area contributed by atoms with Gasteiger partial charge in [0.1, 0.15) is 5.60 Å². The lowest BCUT2D eigenvalue weighted by Gasteiger charge is -2.28. The number of cyclic esters (lactones) is 1. The normalized spacial score (nSPS) is 26.4. The van der Waals surface area contributed by atoms with Crippen molar-refractivity contribution in [2.24, 2.45) is 5.92 Å². The monoisotopic (exact) mass is 266 g/mol. The molecular formula is C16H26O3. The molecule has 1 rings (SSSR count). The number of esters is 1. The van der Waals surface area contributed by atoms with Gasteiger partial charge < -0.3 is 9.84 Å². The van der Waals surface area contributed by atoms with Gasteiger partial charge in [0.15, 0.2) is 0 Å². The highest BCUT2D eigenvalue weighted by atomic mass is 16.6. The third-order valence-electron chi connectivity index (χ3n) is 3.77. The van der Waals surface area contributed by atoms with Gasteiger partial charge in [0.05, 0.1) is 6.10 Å². The summed E-state index contributed by atoms with van der Waals surface area (Å²) >= 11 is 0. The van der Waals surface area contributed by atoms with Gasteiger partial charge in [0.25, 0.3) is 0 Å². The Morgan fingerprint density at radius 1 is 1.37 bits per heavy atom. The Kier molecular flexibility index (Phi) is 5.80. The summed E-state index contributed by atoms with van der Waals surface area (Å²) in [4.78, 5) is 11.8. The highest BCUT2D eigenvalue weighted by molar-refractivity contribution is 5.91. The molecule has 0 spiro atoms. The number of aliphatic hydroxyl groups excluding tert-OH is 1. The topological polar surface area (TPSA) is 46.5 Å². The van der Waals surface area contributed by atoms with E-state index in [-0.39, 0.29) is 5.97 Å². The van der Waals surface area contributed by atoms with Crippen LogP contribution in [0, 0.1) is 5.92 Å². The second kappa shape index (κ2) is 6.90. The molecule has 1 aliphatic heterocycles. The van der Waals surface area contributed by atoms with E-state index < -0.39 is 11.7 Å². The number of rotatable bonds is 7. The summed E-state index contributed by atoms with van der Waals surface area (Å²) in [6.07, 6.45) is 8.69. The van der Waals surface area contributed by atoms with Crippen LogP contribution in [0.1, 0.15) is 53.4 Å². The lowest BCUT2D eigenvalue weighted by atomic mass is 9.86. The number of aliphatic hydroxyl groups is 1. The molecule has 1 aliphatic rings. The first-order valence-electron chi connectivity index (χ1n) is 7.27. The largest absolute Gasteiger partial charge is 0.451 e. The predicted molar refractivity (Wildman–Crippen MR) is 76.7 cm³/mol. The van der Waals surface area contributed by atoms with Gasteiger partial charge in [-0.25, -0.2) is 4.79 Å². The van der Waals surface area contributed by atoms with Crippen molar-refractivity contribution in [3.63, 3.8) is 0 Å². The number of carbonyl (C=O) groups excluding carboxylic acids is 1. The van der Waals surface area contributed by atoms with Gasteiger partial charge in [0.2, 0.25) is 0 Å². The van der Waals surface area contributed by atoms with E-state index in [2.05, 4.69) is 6.92 Å². The Hall–Kier alpha value is -1.09. The maximum Gasteiger partial charge on any atom is 0.334 e. The molecule has 0 radical (unpaired) electrons. The Labute approximate surface area is 116 Å². The zero-order valence-corrected chi connectivity index (χ0v) is 12.5. The van der Waals surface area contributed by atoms with Crippen LogP contribution in [-0.4, -0.2) is 22.8 Å². The van der Waals surface area contributed by atoms with Crippen LogP contribution >= 0.6 is 0 Å². The minimum absolute atomic E-state index is 0.168. The molecule has 0 saturated heterocycles. The number of hydrogen-bond acceptors (Lipinski definition) is 3. The highest BCUT2D eigenvalue weighted by Crippen LogP contribution is 2.36. The zero-order valence-electron chi connectivity index (χ0n) is 12.5. The van der Waals surface area contributed by atoms with Crippen molar-refractivity contribution in [3.8, 4) is 0 Å². The molecule has 0 amide bonds. The van der Waals surface area contributed by atoms with Gasteiger partial charge in [-0.2, -0.15) is 0 Å². The van der Waals surface area contributed by atoms with Crippen molar-refractivity contribution in [3.05, 3.63) is 23.8 Å². The molecule has 0 aliphatic carbocycles. The van der Waals surface area contributed by atoms with Gasteiger partial charge in [-0.3, -0.25) is 0 Å². The molecule has 0 fully saturated rings. The van der Waals surface area contributed by atoms with Crippen LogP contribution in [-0.2, 0) is 9.53 Å². The minimum Gasteiger partial charge on any atom is -0.451 e. The number of allylic oxidation sites excluding steroid dienone is 1. The average Bonchev–Trinajstić information content (AvgIpc) is 2.71. The number of carbonyl (C=O) groups is 1. The average molecular weight is 266 g/mol. The SMILES string of the molecule is CCC1=C[C@@](CC)(C[C@H](C=C[C@@H](C)O)CC)OC1=O. The van der Waals surface area contributed by atoms with Crippen molar-refractivity contribution in [2.45, 2.75) is 65.1 Å². The van der Waals surface area contributed by atoms with E-state index in [0.717, 1.165) is 31.3 Å². The summed E-state index contributed by atoms with van der Waals surface area (Å²) in [6.45, 7) is 7.88. The molecule has 0 aromatic heterocycles. The van der Waals surface area contributed by atoms with Gasteiger partial charge >= 0.3 is 5.97 Å². The molecule has 19 heavy (non-hydrogen) atoms. The molecule has 1 heterocycles. The Balaban J connectivity index is 2.81. The van der Waals surface area contributed by atoms with E-state index in [1.54, 1.807) is 13.0 Å². The van der Waals surface area contributed by atoms with Crippen molar-refractivity contribution in [1.82, 2.24) is 0 Å². The number of hydrogen-bond donors (Lipinski definition) is 1. The first-order chi connectivity index (χ1) is 8.96. The van der Waals surface area contributed by atoms with E-state index in [1.807, 2.05) is 26.0 Å². The first-order valence-corrected chi connectivity index (χ1v) is 7.27. The quantitative estimate of drug-likeness (QED) is 0.567. The van der Waals surface area contributed by atoms with Crippen LogP contribution < -0.4 is 0 Å². The van der Waals surface area contributed by atoms with Crippen molar-refractivity contribution in [1.29, 1.82) is 0 Å². The van der Waals surface area contributed by atoms with Crippen molar-refractivity contribution >= 4 is 5.97 Å². The fourth-order valence-electron chi connectivity index (χ4n) is 2.43. The molecule has 108 valence electrons. The second-order valence-electron chi connectivity index (χ2n) is 5.33. The van der Waals surface area contributed by atoms with Crippen LogP contribution in [0.3, 0.4) is 0 Å². The summed E-state index contributed by atoms with van der Waals surface area (Å²) in [5.41, 5.74) is 0.336. The Morgan fingerprint density at radius 2 is 2.05 bits per heavy atom. The van der Waals surface area contributed by atoms with E-state index in [0.29, 0.717) is 5.92 Å². The van der Waals surface area contributed by atoms with Gasteiger partial charge in [-0.1, -0.05) is 32.9 Å². The van der Waals surface area contributed by atoms with Crippen LogP contribution in [0.15, 0.2) is 23.8 Å². The Bertz CT molecular complexity index is 368. The molecule has 1 N–H and O–H groups in total. The van der Waals surface area contributed by atoms with Crippen LogP contribution in [0.25, 0.3) is 0 Å². The molecule has 0 saturated carbocycles. The van der Waals surface area contributed by atoms with E-state index in [1.165, 1.54) is 0 Å². The lowest BCUT2D eigenvalue weighted by Crippen LogP contribution is -2.30. The fourth-order valence-corrected chi connectivity index (χ4v) is 2.43. The summed E-state index contributed by atoms with van der Waals surface area (Å²) in [6, 6.07) is 0. The maximum absolute atomic E-state index is 11.8. The molecule has 3 atom stereocenters. The molecule has 3 heteroatoms. The fraction of sp³-hybridized carbons (Fsp3) is 0.688. The standard InChI is InChI=1S/C16H26O3/c1-5-13(9-8-12(4)17)10-16(7-3)11-14(6-2)15(18)19-16/h8-9,11-13,17H,5-7,10H2,1-4H3/t12-,13+,16-/m1/s1. The highest BCUT2D eigenvalue weighted by Gasteiger charge is 2.38. The lowest BCUT2D eigenvalue weighted by molar-refractivity contribution is -0.147. The third-order valence-corrected chi connectivity index (χ3v) is 3.77. The van der Waals surface area contributed by atoms with Crippen LogP contribution in [0.5, 0.6) is 0 Å².